The molecule has 1 spiro atoms. The summed E-state index contributed by atoms with van der Waals surface area (Å²) < 4.78 is 0. The van der Waals surface area contributed by atoms with E-state index >= 15 is 0 Å². The first-order valence-electron chi connectivity index (χ1n) is 7.64. The number of rotatable bonds is 3. The minimum absolute atomic E-state index is 0.0680. The average Bonchev–Trinajstić information content (AvgIpc) is 2.82. The molecule has 1 aromatic rings. The van der Waals surface area contributed by atoms with E-state index in [-0.39, 0.29) is 17.1 Å². The van der Waals surface area contributed by atoms with Gasteiger partial charge in [-0.1, -0.05) is 18.2 Å². The summed E-state index contributed by atoms with van der Waals surface area (Å²) in [6.45, 7) is 2.85. The highest BCUT2D eigenvalue weighted by Gasteiger charge is 2.48. The number of thioether (sulfide) groups is 1. The van der Waals surface area contributed by atoms with Crippen LogP contribution < -0.4 is 10.6 Å². The summed E-state index contributed by atoms with van der Waals surface area (Å²) in [6.07, 6.45) is 0.915. The van der Waals surface area contributed by atoms with E-state index < -0.39 is 11.6 Å². The lowest BCUT2D eigenvalue weighted by atomic mass is 9.87. The second kappa shape index (κ2) is 6.23. The minimum Gasteiger partial charge on any atom is -0.342 e. The number of imide groups is 1. The number of likely N-dealkylation sites (tertiary alicyclic amines) is 1. The largest absolute Gasteiger partial charge is 0.342 e. The highest BCUT2D eigenvalue weighted by Crippen LogP contribution is 2.29. The lowest BCUT2D eigenvalue weighted by molar-refractivity contribution is -0.135. The zero-order chi connectivity index (χ0) is 16.4. The maximum absolute atomic E-state index is 12.6. The molecule has 2 aliphatic heterocycles. The molecule has 23 heavy (non-hydrogen) atoms. The molecule has 2 heterocycles. The topological polar surface area (TPSA) is 78.5 Å². The fourth-order valence-electron chi connectivity index (χ4n) is 3.00. The van der Waals surface area contributed by atoms with Gasteiger partial charge >= 0.3 is 6.03 Å². The number of piperidine rings is 1. The molecule has 0 aliphatic carbocycles. The predicted molar refractivity (Wildman–Crippen MR) is 87.0 cm³/mol. The molecule has 0 aromatic heterocycles. The van der Waals surface area contributed by atoms with Crippen LogP contribution in [-0.4, -0.2) is 46.6 Å². The third-order valence-electron chi connectivity index (χ3n) is 4.35. The van der Waals surface area contributed by atoms with Gasteiger partial charge in [0.05, 0.1) is 5.25 Å². The Kier molecular flexibility index (Phi) is 4.30. The molecule has 2 saturated heterocycles. The van der Waals surface area contributed by atoms with E-state index in [2.05, 4.69) is 10.6 Å². The summed E-state index contributed by atoms with van der Waals surface area (Å²) in [5.74, 6) is -0.209. The average molecular weight is 333 g/mol. The quantitative estimate of drug-likeness (QED) is 0.647. The fraction of sp³-hybridized carbons (Fsp3) is 0.438. The van der Waals surface area contributed by atoms with Crippen LogP contribution in [0.15, 0.2) is 35.2 Å². The van der Waals surface area contributed by atoms with Crippen molar-refractivity contribution < 1.29 is 14.4 Å². The van der Waals surface area contributed by atoms with Crippen molar-refractivity contribution in [3.8, 4) is 0 Å². The zero-order valence-corrected chi connectivity index (χ0v) is 13.7. The lowest BCUT2D eigenvalue weighted by Crippen LogP contribution is -2.56. The van der Waals surface area contributed by atoms with Crippen LogP contribution in [0.5, 0.6) is 0 Å². The molecule has 0 bridgehead atoms. The van der Waals surface area contributed by atoms with Gasteiger partial charge in [-0.15, -0.1) is 11.8 Å². The maximum Gasteiger partial charge on any atom is 0.322 e. The first-order valence-corrected chi connectivity index (χ1v) is 8.52. The number of urea groups is 1. The fourth-order valence-corrected chi connectivity index (χ4v) is 3.97. The predicted octanol–water partition coefficient (Wildman–Crippen LogP) is 1.37. The maximum atomic E-state index is 12.6. The van der Waals surface area contributed by atoms with E-state index in [4.69, 9.17) is 0 Å². The standard InChI is InChI=1S/C16H19N3O3S/c1-11(23-12-5-3-2-4-6-12)13(20)19-9-7-16(8-10-19)14(21)17-15(22)18-16/h2-6,11H,7-10H2,1H3,(H2,17,18,21,22)/t11-/m1/s1. The highest BCUT2D eigenvalue weighted by atomic mass is 32.2. The van der Waals surface area contributed by atoms with Crippen molar-refractivity contribution in [3.05, 3.63) is 30.3 Å². The van der Waals surface area contributed by atoms with E-state index in [0.29, 0.717) is 25.9 Å². The molecular weight excluding hydrogens is 314 g/mol. The van der Waals surface area contributed by atoms with Crippen LogP contribution >= 0.6 is 11.8 Å². The Morgan fingerprint density at radius 3 is 2.43 bits per heavy atom. The molecule has 2 aliphatic rings. The van der Waals surface area contributed by atoms with Gasteiger partial charge in [-0.05, 0) is 31.9 Å². The number of carbonyl (C=O) groups is 3. The molecule has 2 N–H and O–H groups in total. The summed E-state index contributed by atoms with van der Waals surface area (Å²) >= 11 is 1.53. The molecule has 0 radical (unpaired) electrons. The van der Waals surface area contributed by atoms with Gasteiger partial charge in [-0.3, -0.25) is 14.9 Å². The number of nitrogens with one attached hydrogen (secondary N) is 2. The van der Waals surface area contributed by atoms with Gasteiger partial charge in [-0.25, -0.2) is 4.79 Å². The summed E-state index contributed by atoms with van der Waals surface area (Å²) in [4.78, 5) is 38.6. The number of hydrogen-bond donors (Lipinski definition) is 2. The monoisotopic (exact) mass is 333 g/mol. The Balaban J connectivity index is 1.58. The Bertz CT molecular complexity index is 627. The molecule has 0 unspecified atom stereocenters. The molecule has 7 heteroatoms. The lowest BCUT2D eigenvalue weighted by Gasteiger charge is -2.37. The van der Waals surface area contributed by atoms with Crippen molar-refractivity contribution in [2.24, 2.45) is 0 Å². The SMILES string of the molecule is C[C@@H](Sc1ccccc1)C(=O)N1CCC2(CC1)NC(=O)NC2=O. The van der Waals surface area contributed by atoms with Gasteiger partial charge in [0.2, 0.25) is 5.91 Å². The van der Waals surface area contributed by atoms with Crippen molar-refractivity contribution in [2.75, 3.05) is 13.1 Å². The summed E-state index contributed by atoms with van der Waals surface area (Å²) in [5.41, 5.74) is -0.830. The van der Waals surface area contributed by atoms with Crippen molar-refractivity contribution in [1.82, 2.24) is 15.5 Å². The molecular formula is C16H19N3O3S. The first-order chi connectivity index (χ1) is 11.0. The second-order valence-electron chi connectivity index (χ2n) is 5.89. The van der Waals surface area contributed by atoms with Gasteiger partial charge in [0.15, 0.2) is 0 Å². The zero-order valence-electron chi connectivity index (χ0n) is 12.9. The summed E-state index contributed by atoms with van der Waals surface area (Å²) in [5, 5.41) is 4.80. The van der Waals surface area contributed by atoms with Gasteiger partial charge < -0.3 is 10.2 Å². The third-order valence-corrected chi connectivity index (χ3v) is 5.45. The van der Waals surface area contributed by atoms with E-state index in [0.717, 1.165) is 4.90 Å². The van der Waals surface area contributed by atoms with E-state index in [1.165, 1.54) is 11.8 Å². The smallest absolute Gasteiger partial charge is 0.322 e. The Hall–Kier alpha value is -2.02. The number of nitrogens with zero attached hydrogens (tertiary/aromatic N) is 1. The number of carbonyl (C=O) groups excluding carboxylic acids is 3. The second-order valence-corrected chi connectivity index (χ2v) is 7.30. The van der Waals surface area contributed by atoms with Crippen molar-refractivity contribution >= 4 is 29.6 Å². The Morgan fingerprint density at radius 2 is 1.87 bits per heavy atom. The van der Waals surface area contributed by atoms with Crippen LogP contribution in [0.2, 0.25) is 0 Å². The molecule has 1 aromatic carbocycles. The Morgan fingerprint density at radius 1 is 1.22 bits per heavy atom. The Labute approximate surface area is 139 Å². The number of hydrogen-bond acceptors (Lipinski definition) is 4. The molecule has 3 rings (SSSR count). The summed E-state index contributed by atoms with van der Waals surface area (Å²) in [6, 6.07) is 9.37. The highest BCUT2D eigenvalue weighted by molar-refractivity contribution is 8.00. The number of amides is 4. The molecule has 1 atom stereocenters. The van der Waals surface area contributed by atoms with Gasteiger partial charge in [0.25, 0.3) is 5.91 Å². The molecule has 0 saturated carbocycles. The molecule has 4 amide bonds. The van der Waals surface area contributed by atoms with Gasteiger partial charge in [0, 0.05) is 18.0 Å². The normalized spacial score (nSPS) is 21.0. The first kappa shape index (κ1) is 15.9. The molecule has 6 nitrogen and oxygen atoms in total. The van der Waals surface area contributed by atoms with Crippen molar-refractivity contribution in [3.63, 3.8) is 0 Å². The molecule has 122 valence electrons. The van der Waals surface area contributed by atoms with Crippen LogP contribution in [0, 0.1) is 0 Å². The van der Waals surface area contributed by atoms with Crippen LogP contribution in [-0.2, 0) is 9.59 Å². The van der Waals surface area contributed by atoms with Crippen LogP contribution in [0.4, 0.5) is 4.79 Å². The number of benzene rings is 1. The summed E-state index contributed by atoms with van der Waals surface area (Å²) in [7, 11) is 0. The minimum atomic E-state index is -0.830. The van der Waals surface area contributed by atoms with Crippen LogP contribution in [0.1, 0.15) is 19.8 Å². The van der Waals surface area contributed by atoms with Crippen molar-refractivity contribution in [2.45, 2.75) is 35.4 Å². The third kappa shape index (κ3) is 3.19. The van der Waals surface area contributed by atoms with Crippen molar-refractivity contribution in [1.29, 1.82) is 0 Å². The van der Waals surface area contributed by atoms with Crippen LogP contribution in [0.25, 0.3) is 0 Å². The molecule has 2 fully saturated rings. The van der Waals surface area contributed by atoms with E-state index in [1.54, 1.807) is 4.90 Å². The van der Waals surface area contributed by atoms with Gasteiger partial charge in [-0.2, -0.15) is 0 Å². The van der Waals surface area contributed by atoms with E-state index in [1.807, 2.05) is 37.3 Å². The van der Waals surface area contributed by atoms with Crippen LogP contribution in [0.3, 0.4) is 0 Å². The van der Waals surface area contributed by atoms with E-state index in [9.17, 15) is 14.4 Å². The van der Waals surface area contributed by atoms with Gasteiger partial charge in [0.1, 0.15) is 5.54 Å².